The van der Waals surface area contributed by atoms with Crippen molar-refractivity contribution in [3.8, 4) is 22.3 Å². The second kappa shape index (κ2) is 8.15. The van der Waals surface area contributed by atoms with E-state index in [-0.39, 0.29) is 17.4 Å². The van der Waals surface area contributed by atoms with E-state index in [1.807, 2.05) is 12.3 Å². The zero-order valence-corrected chi connectivity index (χ0v) is 23.2. The molecule has 41 heavy (non-hydrogen) atoms. The smallest absolute Gasteiger partial charge is 0.100 e. The SMILES string of the molecule is CC1(C)c2cc(C3=C4C=CC5=C6C(=CC=C(C=C3)C46)C3N=CC=CC3=C5)ccc2-c2ccc(-c3ccccc3)cc21. The lowest BCUT2D eigenvalue weighted by Gasteiger charge is -2.39. The predicted molar refractivity (Wildman–Crippen MR) is 171 cm³/mol. The first-order chi connectivity index (χ1) is 20.1. The maximum atomic E-state index is 4.86. The highest BCUT2D eigenvalue weighted by molar-refractivity contribution is 5.90. The average molecular weight is 524 g/mol. The fourth-order valence-electron chi connectivity index (χ4n) is 7.79. The lowest BCUT2D eigenvalue weighted by Crippen LogP contribution is -2.29. The molecule has 2 atom stereocenters. The Bertz CT molecular complexity index is 1990. The number of nitrogens with zero attached hydrogens (tertiary/aromatic N) is 1. The van der Waals surface area contributed by atoms with Gasteiger partial charge in [0.15, 0.2) is 0 Å². The molecule has 1 nitrogen and oxygen atoms in total. The molecular formula is C40H29N. The first kappa shape index (κ1) is 23.0. The number of hydrogen-bond donors (Lipinski definition) is 0. The van der Waals surface area contributed by atoms with Gasteiger partial charge in [0.2, 0.25) is 0 Å². The van der Waals surface area contributed by atoms with Crippen LogP contribution in [0.3, 0.4) is 0 Å². The molecule has 0 saturated carbocycles. The summed E-state index contributed by atoms with van der Waals surface area (Å²) in [7, 11) is 0. The van der Waals surface area contributed by atoms with Gasteiger partial charge in [-0.3, -0.25) is 4.99 Å². The molecule has 1 aliphatic heterocycles. The van der Waals surface area contributed by atoms with Crippen LogP contribution in [0.4, 0.5) is 0 Å². The van der Waals surface area contributed by atoms with Crippen molar-refractivity contribution in [1.29, 1.82) is 0 Å². The Hall–Kier alpha value is -4.75. The maximum Gasteiger partial charge on any atom is 0.100 e. The zero-order chi connectivity index (χ0) is 27.3. The summed E-state index contributed by atoms with van der Waals surface area (Å²) in [5.41, 5.74) is 18.8. The molecule has 6 aliphatic rings. The molecule has 9 rings (SSSR count). The van der Waals surface area contributed by atoms with Gasteiger partial charge >= 0.3 is 0 Å². The predicted octanol–water partition coefficient (Wildman–Crippen LogP) is 9.28. The third kappa shape index (κ3) is 3.15. The third-order valence-corrected chi connectivity index (χ3v) is 9.84. The molecule has 2 unspecified atom stereocenters. The quantitative estimate of drug-likeness (QED) is 0.317. The van der Waals surface area contributed by atoms with Gasteiger partial charge in [-0.15, -0.1) is 0 Å². The fraction of sp³-hybridized carbons (Fsp3) is 0.125. The van der Waals surface area contributed by atoms with Crippen molar-refractivity contribution in [2.45, 2.75) is 25.3 Å². The Labute approximate surface area is 241 Å². The van der Waals surface area contributed by atoms with Crippen LogP contribution in [0.5, 0.6) is 0 Å². The summed E-state index contributed by atoms with van der Waals surface area (Å²) in [5, 5.41) is 0. The third-order valence-electron chi connectivity index (χ3n) is 9.84. The van der Waals surface area contributed by atoms with Crippen molar-refractivity contribution in [2.24, 2.45) is 10.9 Å². The van der Waals surface area contributed by atoms with E-state index in [2.05, 4.69) is 129 Å². The maximum absolute atomic E-state index is 4.86. The van der Waals surface area contributed by atoms with Crippen molar-refractivity contribution >= 4 is 11.8 Å². The molecule has 3 aromatic rings. The monoisotopic (exact) mass is 523 g/mol. The van der Waals surface area contributed by atoms with Crippen LogP contribution in [0, 0.1) is 5.92 Å². The van der Waals surface area contributed by atoms with Crippen molar-refractivity contribution < 1.29 is 0 Å². The van der Waals surface area contributed by atoms with Crippen LogP contribution >= 0.6 is 0 Å². The number of dihydropyridines is 1. The van der Waals surface area contributed by atoms with E-state index >= 15 is 0 Å². The molecule has 5 aliphatic carbocycles. The molecule has 0 aromatic heterocycles. The highest BCUT2D eigenvalue weighted by Gasteiger charge is 2.40. The molecule has 0 bridgehead atoms. The summed E-state index contributed by atoms with van der Waals surface area (Å²) in [4.78, 5) is 4.86. The highest BCUT2D eigenvalue weighted by Crippen LogP contribution is 2.53. The zero-order valence-electron chi connectivity index (χ0n) is 23.2. The van der Waals surface area contributed by atoms with Crippen molar-refractivity contribution in [3.63, 3.8) is 0 Å². The molecule has 194 valence electrons. The lowest BCUT2D eigenvalue weighted by atomic mass is 9.65. The second-order valence-electron chi connectivity index (χ2n) is 12.3. The van der Waals surface area contributed by atoms with Gasteiger partial charge < -0.3 is 0 Å². The molecular weight excluding hydrogens is 494 g/mol. The summed E-state index contributed by atoms with van der Waals surface area (Å²) in [6.45, 7) is 4.76. The summed E-state index contributed by atoms with van der Waals surface area (Å²) in [6.07, 6.45) is 22.5. The molecule has 0 saturated heterocycles. The Morgan fingerprint density at radius 3 is 2.29 bits per heavy atom. The molecule has 0 radical (unpaired) electrons. The first-order valence-electron chi connectivity index (χ1n) is 14.6. The minimum atomic E-state index is -0.0734. The summed E-state index contributed by atoms with van der Waals surface area (Å²) >= 11 is 0. The van der Waals surface area contributed by atoms with E-state index in [1.54, 1.807) is 0 Å². The highest BCUT2D eigenvalue weighted by atomic mass is 14.8. The van der Waals surface area contributed by atoms with Crippen LogP contribution < -0.4 is 0 Å². The van der Waals surface area contributed by atoms with E-state index in [0.29, 0.717) is 0 Å². The number of aliphatic imine (C=N–C) groups is 1. The molecule has 3 aromatic carbocycles. The minimum absolute atomic E-state index is 0.0734. The van der Waals surface area contributed by atoms with Crippen molar-refractivity contribution in [1.82, 2.24) is 0 Å². The second-order valence-corrected chi connectivity index (χ2v) is 12.3. The Morgan fingerprint density at radius 1 is 0.683 bits per heavy atom. The molecule has 0 N–H and O–H groups in total. The first-order valence-corrected chi connectivity index (χ1v) is 14.6. The number of rotatable bonds is 2. The molecule has 0 amide bonds. The molecule has 0 spiro atoms. The minimum Gasteiger partial charge on any atom is -0.280 e. The van der Waals surface area contributed by atoms with Crippen molar-refractivity contribution in [3.05, 3.63) is 172 Å². The van der Waals surface area contributed by atoms with Gasteiger partial charge in [0.1, 0.15) is 6.04 Å². The van der Waals surface area contributed by atoms with E-state index in [9.17, 15) is 0 Å². The Balaban J connectivity index is 1.15. The number of allylic oxidation sites excluding steroid dienone is 12. The van der Waals surface area contributed by atoms with Gasteiger partial charge in [-0.25, -0.2) is 0 Å². The topological polar surface area (TPSA) is 12.4 Å². The van der Waals surface area contributed by atoms with E-state index in [1.165, 1.54) is 78.0 Å². The number of benzene rings is 3. The van der Waals surface area contributed by atoms with Gasteiger partial charge in [0.25, 0.3) is 0 Å². The molecule has 1 heterocycles. The lowest BCUT2D eigenvalue weighted by molar-refractivity contribution is 0.660. The standard InChI is InChI=1S/C40H29N/c1-40(2)35-22-26(24-7-4-3-5-8-24)12-16-31(35)32-17-13-27(23-36(32)40)30-15-10-25-11-19-34-38-28(14-18-33(30)37(25)38)21-29-9-6-20-41-39(29)34/h3-23,37,39H,1-2H3. The van der Waals surface area contributed by atoms with Gasteiger partial charge in [-0.05, 0) is 102 Å². The summed E-state index contributed by atoms with van der Waals surface area (Å²) in [5.74, 6) is 0.265. The largest absolute Gasteiger partial charge is 0.280 e. The van der Waals surface area contributed by atoms with Gasteiger partial charge in [0, 0.05) is 17.5 Å². The van der Waals surface area contributed by atoms with Gasteiger partial charge in [0.05, 0.1) is 0 Å². The number of hydrogen-bond acceptors (Lipinski definition) is 1. The summed E-state index contributed by atoms with van der Waals surface area (Å²) in [6, 6.07) is 25.0. The molecule has 1 heteroatoms. The van der Waals surface area contributed by atoms with E-state index in [0.717, 1.165) is 0 Å². The van der Waals surface area contributed by atoms with Crippen molar-refractivity contribution in [2.75, 3.05) is 0 Å². The Kier molecular flexibility index (Phi) is 4.57. The van der Waals surface area contributed by atoms with Crippen LogP contribution in [0.1, 0.15) is 30.5 Å². The van der Waals surface area contributed by atoms with Crippen LogP contribution in [0.15, 0.2) is 160 Å². The summed E-state index contributed by atoms with van der Waals surface area (Å²) < 4.78 is 0. The molecule has 0 fully saturated rings. The van der Waals surface area contributed by atoms with Crippen LogP contribution in [0.25, 0.3) is 27.8 Å². The fourth-order valence-corrected chi connectivity index (χ4v) is 7.79. The van der Waals surface area contributed by atoms with E-state index in [4.69, 9.17) is 4.99 Å². The average Bonchev–Trinajstić information content (AvgIpc) is 3.25. The number of fused-ring (bicyclic) bond motifs is 5. The van der Waals surface area contributed by atoms with Crippen LogP contribution in [0.2, 0.25) is 0 Å². The van der Waals surface area contributed by atoms with Crippen LogP contribution in [-0.4, -0.2) is 12.3 Å². The van der Waals surface area contributed by atoms with E-state index < -0.39 is 0 Å². The normalized spacial score (nSPS) is 23.4. The van der Waals surface area contributed by atoms with Crippen LogP contribution in [-0.2, 0) is 5.41 Å². The Morgan fingerprint density at radius 2 is 1.46 bits per heavy atom. The van der Waals surface area contributed by atoms with Gasteiger partial charge in [-0.1, -0.05) is 111 Å². The van der Waals surface area contributed by atoms with Gasteiger partial charge in [-0.2, -0.15) is 0 Å².